The summed E-state index contributed by atoms with van der Waals surface area (Å²) in [6.45, 7) is 2.59. The van der Waals surface area contributed by atoms with Crippen molar-refractivity contribution in [2.75, 3.05) is 11.9 Å². The molecule has 0 aliphatic rings. The predicted molar refractivity (Wildman–Crippen MR) is 78.3 cm³/mol. The molecule has 0 radical (unpaired) electrons. The third-order valence-corrected chi connectivity index (χ3v) is 2.95. The van der Waals surface area contributed by atoms with Crippen LogP contribution < -0.4 is 10.1 Å². The Morgan fingerprint density at radius 3 is 2.76 bits per heavy atom. The van der Waals surface area contributed by atoms with Crippen molar-refractivity contribution in [3.63, 3.8) is 0 Å². The summed E-state index contributed by atoms with van der Waals surface area (Å²) in [7, 11) is 0. The largest absolute Gasteiger partial charge is 0.492 e. The molecule has 2 aromatic rings. The molecule has 110 valence electrons. The standard InChI is InChI=1S/C16H16FNO3/c1-2-21-15-6-4-3-5-14(15)18-10-12-9-11(16(19)20)7-8-13(12)17/h3-9,18H,2,10H2,1H3,(H,19,20). The van der Waals surface area contributed by atoms with Gasteiger partial charge in [-0.15, -0.1) is 0 Å². The van der Waals surface area contributed by atoms with Gasteiger partial charge in [-0.25, -0.2) is 9.18 Å². The maximum atomic E-state index is 13.7. The van der Waals surface area contributed by atoms with E-state index in [0.717, 1.165) is 11.8 Å². The van der Waals surface area contributed by atoms with Crippen LogP contribution in [0.15, 0.2) is 42.5 Å². The summed E-state index contributed by atoms with van der Waals surface area (Å²) >= 11 is 0. The third kappa shape index (κ3) is 3.72. The number of hydrogen-bond donors (Lipinski definition) is 2. The zero-order valence-electron chi connectivity index (χ0n) is 11.6. The van der Waals surface area contributed by atoms with Crippen molar-refractivity contribution in [2.45, 2.75) is 13.5 Å². The average Bonchev–Trinajstić information content (AvgIpc) is 2.48. The minimum Gasteiger partial charge on any atom is -0.492 e. The lowest BCUT2D eigenvalue weighted by molar-refractivity contribution is 0.0696. The monoisotopic (exact) mass is 289 g/mol. The fourth-order valence-corrected chi connectivity index (χ4v) is 1.93. The molecule has 4 nitrogen and oxygen atoms in total. The highest BCUT2D eigenvalue weighted by Gasteiger charge is 2.09. The van der Waals surface area contributed by atoms with Gasteiger partial charge in [0.1, 0.15) is 11.6 Å². The van der Waals surface area contributed by atoms with Gasteiger partial charge in [-0.1, -0.05) is 12.1 Å². The lowest BCUT2D eigenvalue weighted by atomic mass is 10.1. The summed E-state index contributed by atoms with van der Waals surface area (Å²) in [6, 6.07) is 11.1. The Morgan fingerprint density at radius 2 is 2.05 bits per heavy atom. The van der Waals surface area contributed by atoms with Crippen molar-refractivity contribution < 1.29 is 19.0 Å². The Bertz CT molecular complexity index is 643. The summed E-state index contributed by atoms with van der Waals surface area (Å²) in [6.07, 6.45) is 0. The van der Waals surface area contributed by atoms with Crippen LogP contribution in [0, 0.1) is 5.82 Å². The van der Waals surface area contributed by atoms with Crippen LogP contribution >= 0.6 is 0 Å². The van der Waals surface area contributed by atoms with Crippen molar-refractivity contribution in [1.82, 2.24) is 0 Å². The molecule has 0 aliphatic carbocycles. The lowest BCUT2D eigenvalue weighted by Gasteiger charge is -2.12. The van der Waals surface area contributed by atoms with Crippen LogP contribution in [0.1, 0.15) is 22.8 Å². The number of benzene rings is 2. The first-order valence-corrected chi connectivity index (χ1v) is 6.59. The number of anilines is 1. The highest BCUT2D eigenvalue weighted by atomic mass is 19.1. The number of nitrogens with one attached hydrogen (secondary N) is 1. The first-order valence-electron chi connectivity index (χ1n) is 6.59. The Balaban J connectivity index is 2.16. The molecule has 0 saturated heterocycles. The number of halogens is 1. The fourth-order valence-electron chi connectivity index (χ4n) is 1.93. The summed E-state index contributed by atoms with van der Waals surface area (Å²) < 4.78 is 19.2. The van der Waals surface area contributed by atoms with E-state index in [1.807, 2.05) is 31.2 Å². The number of hydrogen-bond acceptors (Lipinski definition) is 3. The lowest BCUT2D eigenvalue weighted by Crippen LogP contribution is -2.06. The zero-order chi connectivity index (χ0) is 15.2. The highest BCUT2D eigenvalue weighted by Crippen LogP contribution is 2.24. The molecule has 0 amide bonds. The minimum absolute atomic E-state index is 0.0614. The number of rotatable bonds is 6. The van der Waals surface area contributed by atoms with E-state index in [2.05, 4.69) is 5.32 Å². The molecule has 5 heteroatoms. The van der Waals surface area contributed by atoms with Crippen LogP contribution in [-0.2, 0) is 6.54 Å². The van der Waals surface area contributed by atoms with Crippen molar-refractivity contribution in [3.05, 3.63) is 59.4 Å². The maximum Gasteiger partial charge on any atom is 0.335 e. The number of carboxylic acid groups (broad SMARTS) is 1. The van der Waals surface area contributed by atoms with E-state index in [9.17, 15) is 9.18 Å². The van der Waals surface area contributed by atoms with Crippen molar-refractivity contribution in [1.29, 1.82) is 0 Å². The van der Waals surface area contributed by atoms with Crippen LogP contribution in [0.2, 0.25) is 0 Å². The normalized spacial score (nSPS) is 10.2. The van der Waals surface area contributed by atoms with Gasteiger partial charge in [0, 0.05) is 12.1 Å². The fraction of sp³-hybridized carbons (Fsp3) is 0.188. The number of para-hydroxylation sites is 2. The molecular formula is C16H16FNO3. The van der Waals surface area contributed by atoms with E-state index in [-0.39, 0.29) is 12.1 Å². The molecule has 2 aromatic carbocycles. The van der Waals surface area contributed by atoms with Gasteiger partial charge in [0.05, 0.1) is 17.9 Å². The molecule has 0 atom stereocenters. The van der Waals surface area contributed by atoms with E-state index in [1.165, 1.54) is 12.1 Å². The van der Waals surface area contributed by atoms with Crippen LogP contribution in [0.4, 0.5) is 10.1 Å². The zero-order valence-corrected chi connectivity index (χ0v) is 11.6. The Labute approximate surface area is 122 Å². The number of ether oxygens (including phenoxy) is 1. The molecule has 2 rings (SSSR count). The van der Waals surface area contributed by atoms with Gasteiger partial charge >= 0.3 is 5.97 Å². The molecule has 0 spiro atoms. The minimum atomic E-state index is -1.08. The molecule has 2 N–H and O–H groups in total. The second-order valence-corrected chi connectivity index (χ2v) is 4.39. The van der Waals surface area contributed by atoms with Crippen LogP contribution in [-0.4, -0.2) is 17.7 Å². The second-order valence-electron chi connectivity index (χ2n) is 4.39. The molecule has 0 saturated carbocycles. The number of aromatic carboxylic acids is 1. The van der Waals surface area contributed by atoms with Gasteiger partial charge in [-0.3, -0.25) is 0 Å². The average molecular weight is 289 g/mol. The van der Waals surface area contributed by atoms with E-state index < -0.39 is 11.8 Å². The molecule has 0 bridgehead atoms. The first-order chi connectivity index (χ1) is 10.1. The molecule has 0 aliphatic heterocycles. The number of carbonyl (C=O) groups is 1. The van der Waals surface area contributed by atoms with Gasteiger partial charge in [-0.2, -0.15) is 0 Å². The quantitative estimate of drug-likeness (QED) is 0.854. The van der Waals surface area contributed by atoms with Gasteiger partial charge in [0.15, 0.2) is 0 Å². The van der Waals surface area contributed by atoms with Gasteiger partial charge in [-0.05, 0) is 37.3 Å². The van der Waals surface area contributed by atoms with E-state index in [0.29, 0.717) is 17.9 Å². The van der Waals surface area contributed by atoms with Crippen LogP contribution in [0.3, 0.4) is 0 Å². The molecule has 0 fully saturated rings. The smallest absolute Gasteiger partial charge is 0.335 e. The Hall–Kier alpha value is -2.56. The summed E-state index contributed by atoms with van der Waals surface area (Å²) in [5.41, 5.74) is 1.09. The van der Waals surface area contributed by atoms with E-state index >= 15 is 0 Å². The highest BCUT2D eigenvalue weighted by molar-refractivity contribution is 5.87. The summed E-state index contributed by atoms with van der Waals surface area (Å²) in [4.78, 5) is 10.9. The van der Waals surface area contributed by atoms with Gasteiger partial charge < -0.3 is 15.2 Å². The molecule has 0 aromatic heterocycles. The van der Waals surface area contributed by atoms with E-state index in [4.69, 9.17) is 9.84 Å². The summed E-state index contributed by atoms with van der Waals surface area (Å²) in [5, 5.41) is 12.0. The molecule has 0 heterocycles. The molecule has 0 unspecified atom stereocenters. The van der Waals surface area contributed by atoms with Crippen LogP contribution in [0.25, 0.3) is 0 Å². The van der Waals surface area contributed by atoms with Gasteiger partial charge in [0.25, 0.3) is 0 Å². The number of carboxylic acids is 1. The SMILES string of the molecule is CCOc1ccccc1NCc1cc(C(=O)O)ccc1F. The van der Waals surface area contributed by atoms with Crippen molar-refractivity contribution in [3.8, 4) is 5.75 Å². The molecule has 21 heavy (non-hydrogen) atoms. The Kier molecular flexibility index (Phi) is 4.77. The van der Waals surface area contributed by atoms with Crippen molar-refractivity contribution >= 4 is 11.7 Å². The summed E-state index contributed by atoms with van der Waals surface area (Å²) in [5.74, 6) is -0.845. The predicted octanol–water partition coefficient (Wildman–Crippen LogP) is 3.53. The Morgan fingerprint density at radius 1 is 1.29 bits per heavy atom. The second kappa shape index (κ2) is 6.74. The van der Waals surface area contributed by atoms with Crippen molar-refractivity contribution in [2.24, 2.45) is 0 Å². The topological polar surface area (TPSA) is 58.6 Å². The van der Waals surface area contributed by atoms with Crippen LogP contribution in [0.5, 0.6) is 5.75 Å². The van der Waals surface area contributed by atoms with Gasteiger partial charge in [0.2, 0.25) is 0 Å². The third-order valence-electron chi connectivity index (χ3n) is 2.95. The van der Waals surface area contributed by atoms with E-state index in [1.54, 1.807) is 0 Å². The maximum absolute atomic E-state index is 13.7. The first kappa shape index (κ1) is 14.8. The molecular weight excluding hydrogens is 273 g/mol.